The van der Waals surface area contributed by atoms with Gasteiger partial charge in [-0.05, 0) is 39.7 Å². The number of carbonyl (C=O) groups excluding carboxylic acids is 1. The first-order valence-electron chi connectivity index (χ1n) is 6.64. The molecule has 0 bridgehead atoms. The van der Waals surface area contributed by atoms with E-state index < -0.39 is 11.7 Å². The topological polar surface area (TPSA) is 86.5 Å². The Labute approximate surface area is 118 Å². The Morgan fingerprint density at radius 2 is 2.15 bits per heavy atom. The fraction of sp³-hybridized carbons (Fsp3) is 0.571. The van der Waals surface area contributed by atoms with Gasteiger partial charge in [0.1, 0.15) is 12.2 Å². The van der Waals surface area contributed by atoms with E-state index in [0.29, 0.717) is 18.2 Å². The van der Waals surface area contributed by atoms with Gasteiger partial charge in [0.25, 0.3) is 0 Å². The molecule has 0 aliphatic heterocycles. The van der Waals surface area contributed by atoms with Crippen LogP contribution >= 0.6 is 0 Å². The van der Waals surface area contributed by atoms with Crippen molar-refractivity contribution >= 4 is 11.8 Å². The number of aromatic nitrogens is 1. The molecular formula is C14H21N3O3. The zero-order valence-corrected chi connectivity index (χ0v) is 12.1. The molecule has 6 nitrogen and oxygen atoms in total. The van der Waals surface area contributed by atoms with Crippen molar-refractivity contribution in [2.24, 2.45) is 0 Å². The molecule has 0 saturated heterocycles. The molecule has 1 aliphatic rings. The van der Waals surface area contributed by atoms with Crippen LogP contribution in [0.25, 0.3) is 0 Å². The van der Waals surface area contributed by atoms with Gasteiger partial charge in [-0.25, -0.2) is 9.78 Å². The summed E-state index contributed by atoms with van der Waals surface area (Å²) in [5.74, 6) is 0.497. The van der Waals surface area contributed by atoms with Crippen LogP contribution in [0, 0.1) is 0 Å². The van der Waals surface area contributed by atoms with Gasteiger partial charge in [0.2, 0.25) is 5.88 Å². The highest BCUT2D eigenvalue weighted by molar-refractivity contribution is 5.69. The lowest BCUT2D eigenvalue weighted by Crippen LogP contribution is -2.44. The van der Waals surface area contributed by atoms with Gasteiger partial charge in [0.05, 0.1) is 17.4 Å². The van der Waals surface area contributed by atoms with Crippen molar-refractivity contribution in [3.8, 4) is 5.88 Å². The van der Waals surface area contributed by atoms with Gasteiger partial charge >= 0.3 is 6.09 Å². The lowest BCUT2D eigenvalue weighted by Gasteiger charge is -2.23. The summed E-state index contributed by atoms with van der Waals surface area (Å²) in [6.07, 6.45) is 2.88. The third kappa shape index (κ3) is 4.29. The number of nitrogen functional groups attached to an aromatic ring is 1. The van der Waals surface area contributed by atoms with Crippen LogP contribution in [0.15, 0.2) is 18.3 Å². The van der Waals surface area contributed by atoms with Crippen molar-refractivity contribution in [2.45, 2.75) is 44.8 Å². The maximum Gasteiger partial charge on any atom is 0.408 e. The molecule has 1 aliphatic carbocycles. The van der Waals surface area contributed by atoms with E-state index in [1.165, 1.54) is 6.20 Å². The Balaban J connectivity index is 1.83. The highest BCUT2D eigenvalue weighted by Crippen LogP contribution is 2.36. The zero-order valence-electron chi connectivity index (χ0n) is 12.1. The second kappa shape index (κ2) is 5.19. The molecule has 0 atom stereocenters. The molecular weight excluding hydrogens is 258 g/mol. The van der Waals surface area contributed by atoms with Crippen LogP contribution in [0.2, 0.25) is 0 Å². The van der Waals surface area contributed by atoms with Crippen LogP contribution in [0.3, 0.4) is 0 Å². The van der Waals surface area contributed by atoms with Crippen molar-refractivity contribution in [2.75, 3.05) is 12.3 Å². The van der Waals surface area contributed by atoms with Gasteiger partial charge in [-0.2, -0.15) is 0 Å². The molecule has 0 radical (unpaired) electrons. The normalized spacial score (nSPS) is 16.4. The predicted octanol–water partition coefficient (Wildman–Crippen LogP) is 2.10. The van der Waals surface area contributed by atoms with Crippen LogP contribution in [0.1, 0.15) is 33.6 Å². The van der Waals surface area contributed by atoms with Crippen LogP contribution in [0.5, 0.6) is 5.88 Å². The Bertz CT molecular complexity index is 475. The summed E-state index contributed by atoms with van der Waals surface area (Å²) < 4.78 is 10.8. The van der Waals surface area contributed by atoms with Gasteiger partial charge in [-0.3, -0.25) is 0 Å². The molecule has 3 N–H and O–H groups in total. The molecule has 1 amide bonds. The lowest BCUT2D eigenvalue weighted by atomic mass is 10.2. The lowest BCUT2D eigenvalue weighted by molar-refractivity contribution is 0.0476. The quantitative estimate of drug-likeness (QED) is 0.881. The molecule has 20 heavy (non-hydrogen) atoms. The number of carbonyl (C=O) groups is 1. The van der Waals surface area contributed by atoms with Crippen LogP contribution in [-0.2, 0) is 4.74 Å². The Hall–Kier alpha value is -1.98. The van der Waals surface area contributed by atoms with E-state index in [9.17, 15) is 4.79 Å². The fourth-order valence-electron chi connectivity index (χ4n) is 1.67. The van der Waals surface area contributed by atoms with Crippen LogP contribution in [0.4, 0.5) is 10.5 Å². The minimum absolute atomic E-state index is 0.328. The highest BCUT2D eigenvalue weighted by atomic mass is 16.6. The molecule has 2 rings (SSSR count). The molecule has 1 fully saturated rings. The third-order valence-electron chi connectivity index (χ3n) is 2.88. The second-order valence-corrected chi connectivity index (χ2v) is 6.13. The molecule has 0 spiro atoms. The number of hydrogen-bond acceptors (Lipinski definition) is 5. The van der Waals surface area contributed by atoms with Crippen LogP contribution < -0.4 is 15.8 Å². The molecule has 1 aromatic rings. The number of anilines is 1. The Morgan fingerprint density at radius 1 is 1.45 bits per heavy atom. The number of nitrogens with two attached hydrogens (primary N) is 1. The minimum Gasteiger partial charge on any atom is -0.475 e. The Morgan fingerprint density at radius 3 is 2.65 bits per heavy atom. The molecule has 1 saturated carbocycles. The average molecular weight is 279 g/mol. The van der Waals surface area contributed by atoms with Gasteiger partial charge in [0, 0.05) is 6.07 Å². The van der Waals surface area contributed by atoms with Crippen molar-refractivity contribution in [1.29, 1.82) is 0 Å². The number of nitrogens with one attached hydrogen (secondary N) is 1. The number of nitrogens with zero attached hydrogens (tertiary/aromatic N) is 1. The third-order valence-corrected chi connectivity index (χ3v) is 2.88. The van der Waals surface area contributed by atoms with Gasteiger partial charge in [-0.15, -0.1) is 0 Å². The zero-order chi connectivity index (χ0) is 14.8. The molecule has 0 unspecified atom stereocenters. The summed E-state index contributed by atoms with van der Waals surface area (Å²) in [6, 6.07) is 3.43. The average Bonchev–Trinajstić information content (AvgIpc) is 3.06. The van der Waals surface area contributed by atoms with Gasteiger partial charge in [0.15, 0.2) is 0 Å². The molecule has 6 heteroatoms. The first kappa shape index (κ1) is 14.4. The predicted molar refractivity (Wildman–Crippen MR) is 75.5 cm³/mol. The SMILES string of the molecule is CC(C)(C)OC(=O)NC1(COc2ccc(N)cn2)CC1. The van der Waals surface area contributed by atoms with E-state index in [1.807, 2.05) is 20.8 Å². The van der Waals surface area contributed by atoms with E-state index in [0.717, 1.165) is 12.8 Å². The van der Waals surface area contributed by atoms with E-state index in [1.54, 1.807) is 12.1 Å². The summed E-state index contributed by atoms with van der Waals surface area (Å²) in [4.78, 5) is 15.8. The number of rotatable bonds is 4. The number of pyridine rings is 1. The monoisotopic (exact) mass is 279 g/mol. The first-order chi connectivity index (χ1) is 9.28. The Kier molecular flexibility index (Phi) is 3.74. The van der Waals surface area contributed by atoms with E-state index >= 15 is 0 Å². The molecule has 110 valence electrons. The summed E-state index contributed by atoms with van der Waals surface area (Å²) in [5, 5.41) is 2.87. The van der Waals surface area contributed by atoms with Crippen LogP contribution in [-0.4, -0.2) is 28.8 Å². The maximum absolute atomic E-state index is 11.7. The summed E-state index contributed by atoms with van der Waals surface area (Å²) in [5.41, 5.74) is 5.31. The molecule has 1 heterocycles. The van der Waals surface area contributed by atoms with E-state index in [4.69, 9.17) is 15.2 Å². The van der Waals surface area contributed by atoms with Gasteiger partial charge < -0.3 is 20.5 Å². The highest BCUT2D eigenvalue weighted by Gasteiger charge is 2.46. The van der Waals surface area contributed by atoms with Crippen molar-refractivity contribution in [3.63, 3.8) is 0 Å². The van der Waals surface area contributed by atoms with Crippen molar-refractivity contribution < 1.29 is 14.3 Å². The molecule has 0 aromatic carbocycles. The summed E-state index contributed by atoms with van der Waals surface area (Å²) >= 11 is 0. The maximum atomic E-state index is 11.7. The standard InChI is InChI=1S/C14H21N3O3/c1-13(2,3)20-12(18)17-14(6-7-14)9-19-11-5-4-10(15)8-16-11/h4-5,8H,6-7,9,15H2,1-3H3,(H,17,18). The van der Waals surface area contributed by atoms with E-state index in [-0.39, 0.29) is 5.54 Å². The summed E-state index contributed by atoms with van der Waals surface area (Å²) in [6.45, 7) is 5.88. The van der Waals surface area contributed by atoms with Crippen molar-refractivity contribution in [3.05, 3.63) is 18.3 Å². The van der Waals surface area contributed by atoms with Gasteiger partial charge in [-0.1, -0.05) is 0 Å². The number of alkyl carbamates (subject to hydrolysis) is 1. The van der Waals surface area contributed by atoms with Crippen molar-refractivity contribution in [1.82, 2.24) is 10.3 Å². The second-order valence-electron chi connectivity index (χ2n) is 6.13. The number of ether oxygens (including phenoxy) is 2. The first-order valence-corrected chi connectivity index (χ1v) is 6.64. The summed E-state index contributed by atoms with van der Waals surface area (Å²) in [7, 11) is 0. The molecule has 1 aromatic heterocycles. The smallest absolute Gasteiger partial charge is 0.408 e. The largest absolute Gasteiger partial charge is 0.475 e. The number of amides is 1. The fourth-order valence-corrected chi connectivity index (χ4v) is 1.67. The van der Waals surface area contributed by atoms with E-state index in [2.05, 4.69) is 10.3 Å². The minimum atomic E-state index is -0.500. The number of hydrogen-bond donors (Lipinski definition) is 2.